The van der Waals surface area contributed by atoms with Crippen LogP contribution in [0.1, 0.15) is 31.9 Å². The Morgan fingerprint density at radius 3 is 2.94 bits per heavy atom. The number of hydrogen-bond acceptors (Lipinski definition) is 2. The number of benzene rings is 1. The Hall–Kier alpha value is -1.46. The Labute approximate surface area is 98.0 Å². The average molecular weight is 217 g/mol. The van der Waals surface area contributed by atoms with Gasteiger partial charge in [-0.05, 0) is 31.5 Å². The van der Waals surface area contributed by atoms with E-state index >= 15 is 0 Å². The molecule has 0 saturated carbocycles. The lowest BCUT2D eigenvalue weighted by atomic mass is 10.1. The summed E-state index contributed by atoms with van der Waals surface area (Å²) in [5.41, 5.74) is 1.24. The zero-order valence-electron chi connectivity index (χ0n) is 10.2. The van der Waals surface area contributed by atoms with Crippen molar-refractivity contribution in [2.24, 2.45) is 0 Å². The molecule has 86 valence electrons. The predicted molar refractivity (Wildman–Crippen MR) is 67.5 cm³/mol. The Morgan fingerprint density at radius 2 is 2.25 bits per heavy atom. The molecule has 1 aromatic rings. The van der Waals surface area contributed by atoms with Crippen LogP contribution in [0.4, 0.5) is 0 Å². The van der Waals surface area contributed by atoms with Crippen LogP contribution in [0.25, 0.3) is 0 Å². The molecule has 0 aliphatic rings. The second-order valence-electron chi connectivity index (χ2n) is 3.63. The first kappa shape index (κ1) is 12.6. The monoisotopic (exact) mass is 217 g/mol. The van der Waals surface area contributed by atoms with Crippen molar-refractivity contribution < 1.29 is 4.74 Å². The van der Waals surface area contributed by atoms with Gasteiger partial charge in [-0.3, -0.25) is 0 Å². The second-order valence-corrected chi connectivity index (χ2v) is 3.63. The van der Waals surface area contributed by atoms with Crippen molar-refractivity contribution in [3.8, 4) is 17.6 Å². The maximum absolute atomic E-state index is 5.20. The summed E-state index contributed by atoms with van der Waals surface area (Å²) >= 11 is 0. The van der Waals surface area contributed by atoms with Gasteiger partial charge in [-0.25, -0.2) is 0 Å². The van der Waals surface area contributed by atoms with E-state index in [0.717, 1.165) is 18.7 Å². The third-order valence-electron chi connectivity index (χ3n) is 2.47. The van der Waals surface area contributed by atoms with Gasteiger partial charge >= 0.3 is 0 Å². The molecule has 2 heteroatoms. The summed E-state index contributed by atoms with van der Waals surface area (Å²) in [6.45, 7) is 4.93. The lowest BCUT2D eigenvalue weighted by Gasteiger charge is -2.14. The van der Waals surface area contributed by atoms with Gasteiger partial charge in [0.15, 0.2) is 0 Å². The third-order valence-corrected chi connectivity index (χ3v) is 2.47. The first-order valence-electron chi connectivity index (χ1n) is 5.55. The summed E-state index contributed by atoms with van der Waals surface area (Å²) < 4.78 is 5.20. The average Bonchev–Trinajstić information content (AvgIpc) is 2.34. The third kappa shape index (κ3) is 3.96. The maximum atomic E-state index is 5.20. The molecular weight excluding hydrogens is 198 g/mol. The van der Waals surface area contributed by atoms with Crippen LogP contribution in [-0.4, -0.2) is 13.7 Å². The van der Waals surface area contributed by atoms with E-state index in [1.807, 2.05) is 19.1 Å². The van der Waals surface area contributed by atoms with Crippen LogP contribution in [0, 0.1) is 11.8 Å². The molecule has 0 aliphatic heterocycles. The van der Waals surface area contributed by atoms with E-state index in [-0.39, 0.29) is 0 Å². The van der Waals surface area contributed by atoms with Crippen molar-refractivity contribution in [3.63, 3.8) is 0 Å². The maximum Gasteiger partial charge on any atom is 0.119 e. The predicted octanol–water partition coefficient (Wildman–Crippen LogP) is 2.76. The second kappa shape index (κ2) is 6.92. The minimum atomic E-state index is 0.328. The lowest BCUT2D eigenvalue weighted by molar-refractivity contribution is 0.413. The van der Waals surface area contributed by atoms with Crippen LogP contribution in [0.3, 0.4) is 0 Å². The molecule has 1 aromatic carbocycles. The van der Waals surface area contributed by atoms with Gasteiger partial charge < -0.3 is 10.1 Å². The van der Waals surface area contributed by atoms with E-state index in [1.165, 1.54) is 5.56 Å². The number of methoxy groups -OCH3 is 1. The molecule has 0 aliphatic carbocycles. The molecule has 16 heavy (non-hydrogen) atoms. The molecule has 0 radical (unpaired) electrons. The van der Waals surface area contributed by atoms with Gasteiger partial charge in [0.05, 0.1) is 7.11 Å². The topological polar surface area (TPSA) is 21.3 Å². The van der Waals surface area contributed by atoms with Gasteiger partial charge in [0.2, 0.25) is 0 Å². The minimum absolute atomic E-state index is 0.328. The molecule has 0 aromatic heterocycles. The van der Waals surface area contributed by atoms with Crippen molar-refractivity contribution in [3.05, 3.63) is 29.8 Å². The van der Waals surface area contributed by atoms with E-state index in [0.29, 0.717) is 6.04 Å². The van der Waals surface area contributed by atoms with Crippen molar-refractivity contribution in [2.45, 2.75) is 26.3 Å². The van der Waals surface area contributed by atoms with Gasteiger partial charge in [-0.15, -0.1) is 11.8 Å². The molecule has 1 rings (SSSR count). The van der Waals surface area contributed by atoms with Gasteiger partial charge in [0.25, 0.3) is 0 Å². The van der Waals surface area contributed by atoms with Crippen molar-refractivity contribution in [2.75, 3.05) is 13.7 Å². The smallest absolute Gasteiger partial charge is 0.119 e. The van der Waals surface area contributed by atoms with E-state index in [1.54, 1.807) is 7.11 Å². The lowest BCUT2D eigenvalue weighted by Crippen LogP contribution is -2.19. The van der Waals surface area contributed by atoms with Crippen LogP contribution >= 0.6 is 0 Å². The molecule has 0 saturated heterocycles. The molecule has 0 spiro atoms. The van der Waals surface area contributed by atoms with Gasteiger partial charge in [-0.1, -0.05) is 12.1 Å². The highest BCUT2D eigenvalue weighted by atomic mass is 16.5. The van der Waals surface area contributed by atoms with Gasteiger partial charge in [0.1, 0.15) is 5.75 Å². The Morgan fingerprint density at radius 1 is 1.44 bits per heavy atom. The fourth-order valence-corrected chi connectivity index (χ4v) is 1.50. The molecule has 0 amide bonds. The van der Waals surface area contributed by atoms with Crippen LogP contribution < -0.4 is 10.1 Å². The summed E-state index contributed by atoms with van der Waals surface area (Å²) in [4.78, 5) is 0. The van der Waals surface area contributed by atoms with Gasteiger partial charge in [-0.2, -0.15) is 0 Å². The van der Waals surface area contributed by atoms with Crippen LogP contribution in [0.5, 0.6) is 5.75 Å². The zero-order valence-corrected chi connectivity index (χ0v) is 10.2. The van der Waals surface area contributed by atoms with E-state index in [4.69, 9.17) is 4.74 Å². The number of nitrogens with one attached hydrogen (secondary N) is 1. The number of ether oxygens (including phenoxy) is 1. The van der Waals surface area contributed by atoms with Crippen LogP contribution in [-0.2, 0) is 0 Å². The molecular formula is C14H19NO. The molecule has 1 unspecified atom stereocenters. The van der Waals surface area contributed by atoms with Crippen molar-refractivity contribution in [1.29, 1.82) is 0 Å². The highest BCUT2D eigenvalue weighted by Gasteiger charge is 2.04. The first-order valence-corrected chi connectivity index (χ1v) is 5.55. The molecule has 1 N–H and O–H groups in total. The SMILES string of the molecule is CC#CCCNC(C)c1cccc(OC)c1. The quantitative estimate of drug-likeness (QED) is 0.605. The molecule has 1 atom stereocenters. The normalized spacial score (nSPS) is 11.4. The van der Waals surface area contributed by atoms with E-state index in [9.17, 15) is 0 Å². The minimum Gasteiger partial charge on any atom is -0.497 e. The fraction of sp³-hybridized carbons (Fsp3) is 0.429. The highest BCUT2D eigenvalue weighted by molar-refractivity contribution is 5.30. The highest BCUT2D eigenvalue weighted by Crippen LogP contribution is 2.18. The fourth-order valence-electron chi connectivity index (χ4n) is 1.50. The van der Waals surface area contributed by atoms with Crippen molar-refractivity contribution >= 4 is 0 Å². The van der Waals surface area contributed by atoms with Crippen LogP contribution in [0.15, 0.2) is 24.3 Å². The Bertz CT molecular complexity index is 376. The van der Waals surface area contributed by atoms with E-state index in [2.05, 4.69) is 36.2 Å². The van der Waals surface area contributed by atoms with Crippen molar-refractivity contribution in [1.82, 2.24) is 5.32 Å². The summed E-state index contributed by atoms with van der Waals surface area (Å²) in [6.07, 6.45) is 0.894. The standard InChI is InChI=1S/C14H19NO/c1-4-5-6-10-15-12(2)13-8-7-9-14(11-13)16-3/h7-9,11-12,15H,6,10H2,1-3H3. The first-order chi connectivity index (χ1) is 7.77. The zero-order chi connectivity index (χ0) is 11.8. The van der Waals surface area contributed by atoms with E-state index < -0.39 is 0 Å². The molecule has 0 bridgehead atoms. The van der Waals surface area contributed by atoms with Crippen LogP contribution in [0.2, 0.25) is 0 Å². The Balaban J connectivity index is 2.50. The molecule has 2 nitrogen and oxygen atoms in total. The molecule has 0 fully saturated rings. The summed E-state index contributed by atoms with van der Waals surface area (Å²) in [5, 5.41) is 3.43. The summed E-state index contributed by atoms with van der Waals surface area (Å²) in [7, 11) is 1.69. The Kier molecular flexibility index (Phi) is 5.45. The number of rotatable bonds is 5. The molecule has 0 heterocycles. The number of hydrogen-bond donors (Lipinski definition) is 1. The van der Waals surface area contributed by atoms with Gasteiger partial charge in [0, 0.05) is 19.0 Å². The summed E-state index contributed by atoms with van der Waals surface area (Å²) in [6, 6.07) is 8.46. The largest absolute Gasteiger partial charge is 0.497 e. The summed E-state index contributed by atoms with van der Waals surface area (Å²) in [5.74, 6) is 6.83.